The maximum atomic E-state index is 13.6. The van der Waals surface area contributed by atoms with Crippen molar-refractivity contribution in [3.63, 3.8) is 0 Å². The van der Waals surface area contributed by atoms with Crippen molar-refractivity contribution in [2.24, 2.45) is 0 Å². The van der Waals surface area contributed by atoms with Crippen LogP contribution in [0.2, 0.25) is 0 Å². The van der Waals surface area contributed by atoms with Crippen molar-refractivity contribution < 1.29 is 18.7 Å². The van der Waals surface area contributed by atoms with Crippen LogP contribution in [-0.4, -0.2) is 24.6 Å². The third-order valence-corrected chi connectivity index (χ3v) is 5.42. The second-order valence-electron chi connectivity index (χ2n) is 6.58. The van der Waals surface area contributed by atoms with Crippen LogP contribution in [0.5, 0.6) is 11.5 Å². The second-order valence-corrected chi connectivity index (χ2v) is 7.64. The van der Waals surface area contributed by atoms with Gasteiger partial charge in [-0.3, -0.25) is 4.79 Å². The Morgan fingerprint density at radius 3 is 2.68 bits per heavy atom. The molecule has 0 radical (unpaired) electrons. The number of nitrogens with one attached hydrogen (secondary N) is 1. The zero-order valence-corrected chi connectivity index (χ0v) is 17.5. The first-order chi connectivity index (χ1) is 15.1. The van der Waals surface area contributed by atoms with E-state index in [4.69, 9.17) is 9.47 Å². The second kappa shape index (κ2) is 9.40. The highest BCUT2D eigenvalue weighted by atomic mass is 32.1. The van der Waals surface area contributed by atoms with Gasteiger partial charge in [-0.15, -0.1) is 11.3 Å². The van der Waals surface area contributed by atoms with Gasteiger partial charge in [-0.05, 0) is 48.0 Å². The number of methoxy groups -OCH3 is 1. The number of nitrogens with zero attached hydrogens (tertiary/aromatic N) is 1. The molecule has 0 unspecified atom stereocenters. The van der Waals surface area contributed by atoms with Gasteiger partial charge in [-0.25, -0.2) is 9.37 Å². The minimum absolute atomic E-state index is 0.110. The van der Waals surface area contributed by atoms with E-state index in [9.17, 15) is 9.18 Å². The smallest absolute Gasteiger partial charge is 0.262 e. The molecular weight excluding hydrogens is 415 g/mol. The predicted molar refractivity (Wildman–Crippen MR) is 122 cm³/mol. The first kappa shape index (κ1) is 20.6. The Morgan fingerprint density at radius 1 is 1.06 bits per heavy atom. The molecule has 0 bridgehead atoms. The number of halogens is 1. The third kappa shape index (κ3) is 5.07. The summed E-state index contributed by atoms with van der Waals surface area (Å²) >= 11 is 1.62. The van der Waals surface area contributed by atoms with Crippen LogP contribution >= 0.6 is 11.3 Å². The largest absolute Gasteiger partial charge is 0.493 e. The summed E-state index contributed by atoms with van der Waals surface area (Å²) in [6.07, 6.45) is 3.89. The van der Waals surface area contributed by atoms with Gasteiger partial charge < -0.3 is 14.8 Å². The molecule has 4 aromatic rings. The summed E-state index contributed by atoms with van der Waals surface area (Å²) in [5, 5.41) is 3.39. The average Bonchev–Trinajstić information content (AvgIpc) is 3.21. The molecule has 1 amide bonds. The topological polar surface area (TPSA) is 60.5 Å². The Labute approximate surface area is 182 Å². The monoisotopic (exact) mass is 434 g/mol. The van der Waals surface area contributed by atoms with Crippen molar-refractivity contribution in [1.29, 1.82) is 0 Å². The number of fused-ring (bicyclic) bond motifs is 1. The molecule has 156 valence electrons. The molecule has 0 spiro atoms. The Morgan fingerprint density at radius 2 is 1.87 bits per heavy atom. The van der Waals surface area contributed by atoms with Crippen LogP contribution in [0.15, 0.2) is 66.7 Å². The van der Waals surface area contributed by atoms with Gasteiger partial charge in [0.1, 0.15) is 10.8 Å². The zero-order valence-electron chi connectivity index (χ0n) is 16.7. The summed E-state index contributed by atoms with van der Waals surface area (Å²) in [5.74, 6) is -0.0573. The number of carbonyl (C=O) groups excluding carboxylic acids is 1. The first-order valence-electron chi connectivity index (χ1n) is 9.51. The first-order valence-corrected chi connectivity index (χ1v) is 10.3. The number of ether oxygens (including phenoxy) is 2. The van der Waals surface area contributed by atoms with Gasteiger partial charge in [0.25, 0.3) is 5.91 Å². The summed E-state index contributed by atoms with van der Waals surface area (Å²) in [7, 11) is 1.53. The van der Waals surface area contributed by atoms with Gasteiger partial charge in [-0.2, -0.15) is 0 Å². The standard InChI is InChI=1S/C24H19FN2O3S/c1-29-21-14-16(11-13-24-27-19-8-4-5-9-22(19)31-24)10-12-20(21)30-15-23(28)26-18-7-3-2-6-17(18)25/h2-14H,15H2,1H3,(H,26,28). The Kier molecular flexibility index (Phi) is 6.24. The number of para-hydroxylation sites is 2. The molecule has 3 aromatic carbocycles. The van der Waals surface area contributed by atoms with Crippen LogP contribution in [0.4, 0.5) is 10.1 Å². The maximum absolute atomic E-state index is 13.6. The summed E-state index contributed by atoms with van der Waals surface area (Å²) in [5.41, 5.74) is 1.99. The lowest BCUT2D eigenvalue weighted by molar-refractivity contribution is -0.118. The Hall–Kier alpha value is -3.71. The van der Waals surface area contributed by atoms with Gasteiger partial charge in [0, 0.05) is 0 Å². The number of aromatic nitrogens is 1. The van der Waals surface area contributed by atoms with Gasteiger partial charge in [-0.1, -0.05) is 36.4 Å². The lowest BCUT2D eigenvalue weighted by atomic mass is 10.2. The van der Waals surface area contributed by atoms with E-state index in [0.717, 1.165) is 20.8 Å². The highest BCUT2D eigenvalue weighted by molar-refractivity contribution is 7.19. The molecule has 0 saturated heterocycles. The number of rotatable bonds is 7. The van der Waals surface area contributed by atoms with Crippen LogP contribution in [-0.2, 0) is 4.79 Å². The summed E-state index contributed by atoms with van der Waals surface area (Å²) < 4.78 is 25.7. The van der Waals surface area contributed by atoms with Gasteiger partial charge in [0.05, 0.1) is 23.0 Å². The van der Waals surface area contributed by atoms with E-state index in [0.29, 0.717) is 11.5 Å². The van der Waals surface area contributed by atoms with Gasteiger partial charge in [0.15, 0.2) is 18.1 Å². The molecule has 1 N–H and O–H groups in total. The average molecular weight is 434 g/mol. The van der Waals surface area contributed by atoms with Crippen molar-refractivity contribution >= 4 is 45.3 Å². The SMILES string of the molecule is COc1cc(C=Cc2nc3ccccc3s2)ccc1OCC(=O)Nc1ccccc1F. The normalized spacial score (nSPS) is 11.0. The van der Waals surface area contributed by atoms with E-state index >= 15 is 0 Å². The number of benzene rings is 3. The molecule has 0 fully saturated rings. The summed E-state index contributed by atoms with van der Waals surface area (Å²) in [6.45, 7) is -0.272. The van der Waals surface area contributed by atoms with Crippen molar-refractivity contribution in [1.82, 2.24) is 4.98 Å². The van der Waals surface area contributed by atoms with Crippen LogP contribution in [0.1, 0.15) is 10.6 Å². The van der Waals surface area contributed by atoms with Crippen molar-refractivity contribution in [3.8, 4) is 11.5 Å². The molecule has 0 atom stereocenters. The number of thiazole rings is 1. The number of carbonyl (C=O) groups is 1. The van der Waals surface area contributed by atoms with E-state index in [-0.39, 0.29) is 12.3 Å². The molecule has 0 saturated carbocycles. The van der Waals surface area contributed by atoms with Gasteiger partial charge in [0.2, 0.25) is 0 Å². The fraction of sp³-hybridized carbons (Fsp3) is 0.0833. The molecule has 31 heavy (non-hydrogen) atoms. The molecule has 0 aliphatic heterocycles. The number of hydrogen-bond acceptors (Lipinski definition) is 5. The molecular formula is C24H19FN2O3S. The van der Waals surface area contributed by atoms with Crippen molar-refractivity contribution in [3.05, 3.63) is 83.1 Å². The molecule has 1 aromatic heterocycles. The summed E-state index contributed by atoms with van der Waals surface area (Å²) in [4.78, 5) is 16.7. The van der Waals surface area contributed by atoms with Crippen LogP contribution in [0, 0.1) is 5.82 Å². The highest BCUT2D eigenvalue weighted by Crippen LogP contribution is 2.29. The minimum atomic E-state index is -0.502. The van der Waals surface area contributed by atoms with E-state index in [2.05, 4.69) is 10.3 Å². The van der Waals surface area contributed by atoms with E-state index in [1.807, 2.05) is 48.6 Å². The number of anilines is 1. The number of amides is 1. The minimum Gasteiger partial charge on any atom is -0.493 e. The van der Waals surface area contributed by atoms with Crippen molar-refractivity contribution in [2.75, 3.05) is 19.0 Å². The molecule has 4 rings (SSSR count). The molecule has 5 nitrogen and oxygen atoms in total. The quantitative estimate of drug-likeness (QED) is 0.409. The van der Waals surface area contributed by atoms with Crippen molar-refractivity contribution in [2.45, 2.75) is 0 Å². The predicted octanol–water partition coefficient (Wildman–Crippen LogP) is 5.63. The Bertz CT molecular complexity index is 1220. The molecule has 0 aliphatic carbocycles. The highest BCUT2D eigenvalue weighted by Gasteiger charge is 2.10. The van der Waals surface area contributed by atoms with E-state index < -0.39 is 11.7 Å². The van der Waals surface area contributed by atoms with Crippen LogP contribution < -0.4 is 14.8 Å². The molecule has 0 aliphatic rings. The maximum Gasteiger partial charge on any atom is 0.262 e. The molecule has 7 heteroatoms. The number of hydrogen-bond donors (Lipinski definition) is 1. The van der Waals surface area contributed by atoms with Crippen LogP contribution in [0.25, 0.3) is 22.4 Å². The van der Waals surface area contributed by atoms with E-state index in [1.165, 1.54) is 19.2 Å². The lowest BCUT2D eigenvalue weighted by Crippen LogP contribution is -2.20. The molecule has 1 heterocycles. The fourth-order valence-corrected chi connectivity index (χ4v) is 3.80. The van der Waals surface area contributed by atoms with Crippen LogP contribution in [0.3, 0.4) is 0 Å². The lowest BCUT2D eigenvalue weighted by Gasteiger charge is -2.12. The zero-order chi connectivity index (χ0) is 21.6. The van der Waals surface area contributed by atoms with Gasteiger partial charge >= 0.3 is 0 Å². The Balaban J connectivity index is 1.41. The third-order valence-electron chi connectivity index (χ3n) is 4.42. The summed E-state index contributed by atoms with van der Waals surface area (Å²) in [6, 6.07) is 19.4. The fourth-order valence-electron chi connectivity index (χ4n) is 2.93. The van der Waals surface area contributed by atoms with E-state index in [1.54, 1.807) is 29.5 Å².